The average molecular weight is 564 g/mol. The summed E-state index contributed by atoms with van der Waals surface area (Å²) < 4.78 is 5.94. The molecule has 3 aliphatic carbocycles. The van der Waals surface area contributed by atoms with Gasteiger partial charge in [0.1, 0.15) is 17.2 Å². The molecule has 2 N–H and O–H groups in total. The molecular weight excluding hydrogens is 534 g/mol. The van der Waals surface area contributed by atoms with Crippen molar-refractivity contribution in [2.75, 3.05) is 6.54 Å². The molecule has 5 aliphatic rings. The van der Waals surface area contributed by atoms with Gasteiger partial charge in [0.25, 0.3) is 0 Å². The Labute approximate surface area is 242 Å². The summed E-state index contributed by atoms with van der Waals surface area (Å²) in [5.74, 6) is -2.12. The van der Waals surface area contributed by atoms with Crippen molar-refractivity contribution in [1.82, 2.24) is 4.90 Å². The molecule has 0 radical (unpaired) electrons. The number of benzene rings is 2. The number of imide groups is 1. The number of phenolic OH excluding ortho intramolecular Hbond substituents is 2. The maximum absolute atomic E-state index is 13.9. The van der Waals surface area contributed by atoms with E-state index in [1.165, 1.54) is 11.0 Å². The lowest BCUT2D eigenvalue weighted by atomic mass is 9.58. The van der Waals surface area contributed by atoms with Gasteiger partial charge < -0.3 is 14.9 Å². The summed E-state index contributed by atoms with van der Waals surface area (Å²) in [6, 6.07) is 11.6. The lowest BCUT2D eigenvalue weighted by Gasteiger charge is -2.43. The van der Waals surface area contributed by atoms with Crippen molar-refractivity contribution in [3.8, 4) is 17.2 Å². The summed E-state index contributed by atoms with van der Waals surface area (Å²) in [5.41, 5.74) is 4.53. The number of aromatic hydroxyl groups is 2. The van der Waals surface area contributed by atoms with E-state index in [0.29, 0.717) is 41.7 Å². The molecule has 0 bridgehead atoms. The van der Waals surface area contributed by atoms with Crippen LogP contribution in [0.2, 0.25) is 0 Å². The van der Waals surface area contributed by atoms with E-state index in [4.69, 9.17) is 4.74 Å². The fourth-order valence-electron chi connectivity index (χ4n) is 7.36. The number of ketones is 2. The van der Waals surface area contributed by atoms with Gasteiger partial charge in [0.2, 0.25) is 11.8 Å². The monoisotopic (exact) mass is 563 g/mol. The molecule has 7 rings (SSSR count). The van der Waals surface area contributed by atoms with Crippen LogP contribution in [0.15, 0.2) is 88.7 Å². The number of fused-ring (bicyclic) bond motifs is 4. The molecule has 1 saturated heterocycles. The van der Waals surface area contributed by atoms with Crippen LogP contribution < -0.4 is 4.74 Å². The highest BCUT2D eigenvalue weighted by Gasteiger charge is 2.56. The molecule has 8 heteroatoms. The van der Waals surface area contributed by atoms with Gasteiger partial charge in [0, 0.05) is 41.2 Å². The largest absolute Gasteiger partial charge is 0.508 e. The summed E-state index contributed by atoms with van der Waals surface area (Å²) in [6.45, 7) is 1.87. The van der Waals surface area contributed by atoms with E-state index in [-0.39, 0.29) is 47.8 Å². The first-order valence-corrected chi connectivity index (χ1v) is 14.2. The van der Waals surface area contributed by atoms with Gasteiger partial charge >= 0.3 is 0 Å². The van der Waals surface area contributed by atoms with Crippen LogP contribution in [0.1, 0.15) is 30.9 Å². The Morgan fingerprint density at radius 2 is 1.71 bits per heavy atom. The predicted molar refractivity (Wildman–Crippen MR) is 151 cm³/mol. The predicted octanol–water partition coefficient (Wildman–Crippen LogP) is 4.12. The Balaban J connectivity index is 1.25. The number of likely N-dealkylation sites (tertiary alicyclic amines) is 1. The minimum absolute atomic E-state index is 0.102. The first-order chi connectivity index (χ1) is 20.2. The second-order valence-electron chi connectivity index (χ2n) is 11.8. The van der Waals surface area contributed by atoms with Gasteiger partial charge in [-0.05, 0) is 79.6 Å². The third-order valence-electron chi connectivity index (χ3n) is 9.36. The van der Waals surface area contributed by atoms with Gasteiger partial charge in [-0.1, -0.05) is 23.8 Å². The zero-order valence-electron chi connectivity index (χ0n) is 23.0. The Morgan fingerprint density at radius 1 is 0.952 bits per heavy atom. The average Bonchev–Trinajstić information content (AvgIpc) is 3.23. The summed E-state index contributed by atoms with van der Waals surface area (Å²) in [6.07, 6.45) is 6.47. The van der Waals surface area contributed by atoms with Gasteiger partial charge in [0.15, 0.2) is 11.6 Å². The standard InChI is InChI=1S/C34H29NO7/c1-17-12-27(38)26-15-25-23(29(31(26)32(17)39)20-13-19-14-22(37)6-9-28(19)42-16-20)7-8-24-30(25)34(41)35(33(24)40)11-10-18-2-4-21(36)5-3-18/h2-7,9,12,14,16,24-25,29-30,36-37H,8,10-11,13,15H2,1H3/t24-,25+,29-,30-/m0/s1. The third-order valence-corrected chi connectivity index (χ3v) is 9.36. The molecule has 0 saturated carbocycles. The van der Waals surface area contributed by atoms with Crippen LogP contribution in [0.5, 0.6) is 17.2 Å². The van der Waals surface area contributed by atoms with Gasteiger partial charge in [-0.2, -0.15) is 0 Å². The first-order valence-electron chi connectivity index (χ1n) is 14.2. The molecule has 2 aromatic rings. The number of carbonyl (C=O) groups is 4. The molecule has 2 aromatic carbocycles. The maximum atomic E-state index is 13.9. The lowest BCUT2D eigenvalue weighted by molar-refractivity contribution is -0.140. The van der Waals surface area contributed by atoms with E-state index in [9.17, 15) is 29.4 Å². The second kappa shape index (κ2) is 9.69. The Kier molecular flexibility index (Phi) is 6.04. The quantitative estimate of drug-likeness (QED) is 0.326. The zero-order chi connectivity index (χ0) is 29.3. The zero-order valence-corrected chi connectivity index (χ0v) is 23.0. The van der Waals surface area contributed by atoms with Crippen molar-refractivity contribution in [1.29, 1.82) is 0 Å². The van der Waals surface area contributed by atoms with Gasteiger partial charge in [-0.25, -0.2) is 0 Å². The third kappa shape index (κ3) is 4.04. The van der Waals surface area contributed by atoms with Crippen LogP contribution in [-0.2, 0) is 32.0 Å². The molecule has 0 unspecified atom stereocenters. The normalized spacial score (nSPS) is 26.5. The van der Waals surface area contributed by atoms with E-state index in [1.807, 2.05) is 6.08 Å². The molecule has 2 heterocycles. The summed E-state index contributed by atoms with van der Waals surface area (Å²) in [7, 11) is 0. The Hall–Kier alpha value is -4.72. The van der Waals surface area contributed by atoms with Crippen molar-refractivity contribution in [2.24, 2.45) is 23.7 Å². The van der Waals surface area contributed by atoms with Crippen molar-refractivity contribution < 1.29 is 34.1 Å². The van der Waals surface area contributed by atoms with Crippen LogP contribution in [0.25, 0.3) is 0 Å². The van der Waals surface area contributed by atoms with Gasteiger partial charge in [0.05, 0.1) is 18.1 Å². The molecule has 0 aromatic heterocycles. The number of hydrogen-bond acceptors (Lipinski definition) is 7. The van der Waals surface area contributed by atoms with Crippen molar-refractivity contribution in [2.45, 2.75) is 32.6 Å². The van der Waals surface area contributed by atoms with Crippen LogP contribution in [0.3, 0.4) is 0 Å². The molecule has 4 atom stereocenters. The van der Waals surface area contributed by atoms with Crippen LogP contribution in [0, 0.1) is 23.7 Å². The van der Waals surface area contributed by atoms with E-state index in [2.05, 4.69) is 0 Å². The molecule has 2 aliphatic heterocycles. The summed E-state index contributed by atoms with van der Waals surface area (Å²) in [5, 5.41) is 19.7. The molecular formula is C34H29NO7. The van der Waals surface area contributed by atoms with Gasteiger partial charge in [-0.15, -0.1) is 0 Å². The number of Topliss-reactive ketones (excluding diaryl/α,β-unsaturated/α-hetero) is 1. The second-order valence-corrected chi connectivity index (χ2v) is 11.8. The summed E-state index contributed by atoms with van der Waals surface area (Å²) >= 11 is 0. The number of allylic oxidation sites excluding steroid dienone is 7. The molecule has 1 fully saturated rings. The highest BCUT2D eigenvalue weighted by Crippen LogP contribution is 2.54. The Bertz CT molecular complexity index is 1710. The Morgan fingerprint density at radius 3 is 2.50 bits per heavy atom. The molecule has 42 heavy (non-hydrogen) atoms. The molecule has 8 nitrogen and oxygen atoms in total. The number of carbonyl (C=O) groups excluding carboxylic acids is 4. The van der Waals surface area contributed by atoms with E-state index in [1.54, 1.807) is 55.7 Å². The number of nitrogens with zero attached hydrogens (tertiary/aromatic N) is 1. The topological polar surface area (TPSA) is 121 Å². The van der Waals surface area contributed by atoms with Crippen LogP contribution in [-0.4, -0.2) is 45.0 Å². The van der Waals surface area contributed by atoms with Crippen molar-refractivity contribution in [3.63, 3.8) is 0 Å². The maximum Gasteiger partial charge on any atom is 0.233 e. The van der Waals surface area contributed by atoms with E-state index >= 15 is 0 Å². The summed E-state index contributed by atoms with van der Waals surface area (Å²) in [4.78, 5) is 55.7. The number of ether oxygens (including phenoxy) is 1. The number of hydrogen-bond donors (Lipinski definition) is 2. The van der Waals surface area contributed by atoms with Crippen LogP contribution >= 0.6 is 0 Å². The van der Waals surface area contributed by atoms with E-state index in [0.717, 1.165) is 22.3 Å². The number of phenols is 2. The first kappa shape index (κ1) is 26.2. The van der Waals surface area contributed by atoms with Crippen molar-refractivity contribution >= 4 is 23.4 Å². The molecule has 212 valence electrons. The number of rotatable bonds is 4. The van der Waals surface area contributed by atoms with Crippen LogP contribution in [0.4, 0.5) is 0 Å². The van der Waals surface area contributed by atoms with E-state index < -0.39 is 23.7 Å². The highest BCUT2D eigenvalue weighted by atomic mass is 16.5. The minimum atomic E-state index is -0.620. The smallest absolute Gasteiger partial charge is 0.233 e. The molecule has 0 spiro atoms. The van der Waals surface area contributed by atoms with Crippen molar-refractivity contribution in [3.05, 3.63) is 99.9 Å². The van der Waals surface area contributed by atoms with Gasteiger partial charge in [-0.3, -0.25) is 24.1 Å². The highest BCUT2D eigenvalue weighted by molar-refractivity contribution is 6.23. The molecule has 2 amide bonds. The lowest BCUT2D eigenvalue weighted by Crippen LogP contribution is -2.41. The minimum Gasteiger partial charge on any atom is -0.508 e. The fraction of sp³-hybridized carbons (Fsp3) is 0.294. The fourth-order valence-corrected chi connectivity index (χ4v) is 7.36. The SMILES string of the molecule is CC1=CC(=O)C2=C(C1=O)[C@@H](C1=COc3ccc(O)cc3C1)C1=CC[C@@H]3C(=O)N(CCc4ccc(O)cc4)C(=O)[C@@H]3[C@@H]1C2. The number of amides is 2.